The number of carbonyl (C=O) groups is 2. The van der Waals surface area contributed by atoms with Gasteiger partial charge in [-0.3, -0.25) is 14.5 Å². The second-order valence-electron chi connectivity index (χ2n) is 7.02. The lowest BCUT2D eigenvalue weighted by atomic mass is 9.77. The summed E-state index contributed by atoms with van der Waals surface area (Å²) in [4.78, 5) is 27.5. The summed E-state index contributed by atoms with van der Waals surface area (Å²) in [6.07, 6.45) is 2.10. The molecule has 26 heavy (non-hydrogen) atoms. The molecule has 3 nitrogen and oxygen atoms in total. The summed E-state index contributed by atoms with van der Waals surface area (Å²) in [6.45, 7) is 1.98. The van der Waals surface area contributed by atoms with Crippen molar-refractivity contribution < 1.29 is 14.0 Å². The minimum Gasteiger partial charge on any atom is -0.294 e. The molecule has 1 heterocycles. The second-order valence-corrected chi connectivity index (χ2v) is 7.02. The maximum absolute atomic E-state index is 13.7. The van der Waals surface area contributed by atoms with Gasteiger partial charge in [0.05, 0.1) is 0 Å². The van der Waals surface area contributed by atoms with Gasteiger partial charge in [0.25, 0.3) is 0 Å². The summed E-state index contributed by atoms with van der Waals surface area (Å²) in [7, 11) is 0. The van der Waals surface area contributed by atoms with Crippen molar-refractivity contribution in [2.75, 3.05) is 4.90 Å². The zero-order valence-corrected chi connectivity index (χ0v) is 14.7. The number of hydrogen-bond acceptors (Lipinski definition) is 2. The molecule has 4 heteroatoms. The van der Waals surface area contributed by atoms with Gasteiger partial charge in [0.15, 0.2) is 5.78 Å². The minimum atomic E-state index is -0.359. The number of aryl methyl sites for hydroxylation is 1. The summed E-state index contributed by atoms with van der Waals surface area (Å²) in [5, 5.41) is 0. The van der Waals surface area contributed by atoms with Crippen molar-refractivity contribution in [1.82, 2.24) is 0 Å². The molecule has 0 aromatic heterocycles. The molecule has 0 radical (unpaired) electrons. The third kappa shape index (κ3) is 2.85. The second kappa shape index (κ2) is 6.52. The number of ketones is 1. The Bertz CT molecular complexity index is 931. The third-order valence-electron chi connectivity index (χ3n) is 5.19. The molecule has 0 N–H and O–H groups in total. The number of nitrogens with zero attached hydrogens (tertiary/aromatic N) is 1. The van der Waals surface area contributed by atoms with E-state index in [9.17, 15) is 14.0 Å². The molecule has 0 saturated carbocycles. The summed E-state index contributed by atoms with van der Waals surface area (Å²) in [5.41, 5.74) is 4.03. The van der Waals surface area contributed by atoms with Gasteiger partial charge in [-0.2, -0.15) is 0 Å². The van der Waals surface area contributed by atoms with Gasteiger partial charge in [-0.05, 0) is 55.2 Å². The lowest BCUT2D eigenvalue weighted by Crippen LogP contribution is -2.40. The quantitative estimate of drug-likeness (QED) is 0.791. The first-order valence-corrected chi connectivity index (χ1v) is 8.96. The van der Waals surface area contributed by atoms with E-state index in [2.05, 4.69) is 0 Å². The van der Waals surface area contributed by atoms with Crippen LogP contribution in [0.1, 0.15) is 42.7 Å². The van der Waals surface area contributed by atoms with Crippen molar-refractivity contribution in [3.63, 3.8) is 0 Å². The van der Waals surface area contributed by atoms with Crippen molar-refractivity contribution in [3.05, 3.63) is 76.7 Å². The van der Waals surface area contributed by atoms with Crippen LogP contribution in [0.4, 0.5) is 10.1 Å². The molecule has 4 rings (SSSR count). The van der Waals surface area contributed by atoms with Crippen LogP contribution in [-0.4, -0.2) is 11.7 Å². The van der Waals surface area contributed by atoms with Crippen LogP contribution in [0.2, 0.25) is 0 Å². The van der Waals surface area contributed by atoms with Crippen LogP contribution in [-0.2, 0) is 9.59 Å². The lowest BCUT2D eigenvalue weighted by molar-refractivity contribution is -0.119. The number of rotatable bonds is 2. The Hall–Kier alpha value is -2.75. The molecule has 1 unspecified atom stereocenters. The minimum absolute atomic E-state index is 0.0432. The maximum atomic E-state index is 13.7. The molecule has 0 fully saturated rings. The highest BCUT2D eigenvalue weighted by Gasteiger charge is 2.39. The Morgan fingerprint density at radius 3 is 2.62 bits per heavy atom. The van der Waals surface area contributed by atoms with Gasteiger partial charge in [-0.25, -0.2) is 4.39 Å². The van der Waals surface area contributed by atoms with Crippen molar-refractivity contribution in [2.45, 2.75) is 38.5 Å². The molecule has 1 aliphatic heterocycles. The van der Waals surface area contributed by atoms with Crippen LogP contribution in [0.25, 0.3) is 0 Å². The van der Waals surface area contributed by atoms with Crippen molar-refractivity contribution in [1.29, 1.82) is 0 Å². The van der Waals surface area contributed by atoms with Crippen LogP contribution < -0.4 is 4.90 Å². The molecule has 2 aromatic rings. The summed E-state index contributed by atoms with van der Waals surface area (Å²) < 4.78 is 13.7. The summed E-state index contributed by atoms with van der Waals surface area (Å²) in [6, 6.07) is 14.0. The van der Waals surface area contributed by atoms with E-state index >= 15 is 0 Å². The monoisotopic (exact) mass is 349 g/mol. The largest absolute Gasteiger partial charge is 0.294 e. The standard InChI is InChI=1S/C22H20FNO2/c1-14-5-2-8-17(11-14)24-19-9-4-10-20(25)22(19)18(13-21(24)26)15-6-3-7-16(23)12-15/h2-3,5-8,11-12,18H,4,9-10,13H2,1H3. The topological polar surface area (TPSA) is 37.4 Å². The van der Waals surface area contributed by atoms with Gasteiger partial charge in [0, 0.05) is 35.7 Å². The van der Waals surface area contributed by atoms with Gasteiger partial charge < -0.3 is 0 Å². The highest BCUT2D eigenvalue weighted by atomic mass is 19.1. The SMILES string of the molecule is Cc1cccc(N2C(=O)CC(c3cccc(F)c3)C3=C2CCCC3=O)c1. The van der Waals surface area contributed by atoms with Crippen LogP contribution in [0, 0.1) is 12.7 Å². The van der Waals surface area contributed by atoms with Crippen LogP contribution in [0.15, 0.2) is 59.8 Å². The summed E-state index contributed by atoms with van der Waals surface area (Å²) in [5.74, 6) is -0.674. The van der Waals surface area contributed by atoms with E-state index in [-0.39, 0.29) is 29.8 Å². The first-order valence-electron chi connectivity index (χ1n) is 8.96. The number of Topliss-reactive ketones (excluding diaryl/α,β-unsaturated/α-hetero) is 1. The number of halogens is 1. The number of hydrogen-bond donors (Lipinski definition) is 0. The average molecular weight is 349 g/mol. The number of allylic oxidation sites excluding steroid dienone is 2. The Balaban J connectivity index is 1.87. The fraction of sp³-hybridized carbons (Fsp3) is 0.273. The Kier molecular flexibility index (Phi) is 4.19. The van der Waals surface area contributed by atoms with Gasteiger partial charge in [0.1, 0.15) is 5.82 Å². The molecular formula is C22H20FNO2. The van der Waals surface area contributed by atoms with Crippen LogP contribution >= 0.6 is 0 Å². The Morgan fingerprint density at radius 1 is 1.04 bits per heavy atom. The molecular weight excluding hydrogens is 329 g/mol. The Labute approximate surface area is 152 Å². The number of anilines is 1. The molecule has 132 valence electrons. The smallest absolute Gasteiger partial charge is 0.232 e. The zero-order valence-electron chi connectivity index (χ0n) is 14.7. The van der Waals surface area contributed by atoms with Crippen LogP contribution in [0.3, 0.4) is 0 Å². The zero-order chi connectivity index (χ0) is 18.3. The van der Waals surface area contributed by atoms with E-state index in [4.69, 9.17) is 0 Å². The predicted octanol–water partition coefficient (Wildman–Crippen LogP) is 4.66. The highest BCUT2D eigenvalue weighted by molar-refractivity contribution is 6.07. The number of amides is 1. The molecule has 1 atom stereocenters. The first kappa shape index (κ1) is 16.7. The maximum Gasteiger partial charge on any atom is 0.232 e. The van der Waals surface area contributed by atoms with E-state index in [0.29, 0.717) is 24.0 Å². The van der Waals surface area contributed by atoms with Gasteiger partial charge in [-0.1, -0.05) is 24.3 Å². The van der Waals surface area contributed by atoms with Crippen molar-refractivity contribution >= 4 is 17.4 Å². The van der Waals surface area contributed by atoms with Gasteiger partial charge in [0.2, 0.25) is 5.91 Å². The molecule has 1 amide bonds. The fourth-order valence-corrected chi connectivity index (χ4v) is 4.07. The number of carbonyl (C=O) groups excluding carboxylic acids is 2. The van der Waals surface area contributed by atoms with E-state index in [1.165, 1.54) is 12.1 Å². The molecule has 0 spiro atoms. The third-order valence-corrected chi connectivity index (χ3v) is 5.19. The Morgan fingerprint density at radius 2 is 1.85 bits per heavy atom. The molecule has 2 aliphatic rings. The van der Waals surface area contributed by atoms with Gasteiger partial charge in [-0.15, -0.1) is 0 Å². The van der Waals surface area contributed by atoms with Crippen LogP contribution in [0.5, 0.6) is 0 Å². The number of benzene rings is 2. The normalized spacial score (nSPS) is 20.4. The van der Waals surface area contributed by atoms with E-state index < -0.39 is 0 Å². The highest BCUT2D eigenvalue weighted by Crippen LogP contribution is 2.43. The molecule has 0 saturated heterocycles. The molecule has 0 bridgehead atoms. The first-order chi connectivity index (χ1) is 12.5. The van der Waals surface area contributed by atoms with Crippen molar-refractivity contribution in [3.8, 4) is 0 Å². The average Bonchev–Trinajstić information content (AvgIpc) is 2.61. The summed E-state index contributed by atoms with van der Waals surface area (Å²) >= 11 is 0. The van der Waals surface area contributed by atoms with Gasteiger partial charge >= 0.3 is 0 Å². The van der Waals surface area contributed by atoms with E-state index in [0.717, 1.165) is 23.4 Å². The fourth-order valence-electron chi connectivity index (χ4n) is 4.07. The van der Waals surface area contributed by atoms with Crippen molar-refractivity contribution in [2.24, 2.45) is 0 Å². The lowest BCUT2D eigenvalue weighted by Gasteiger charge is -2.38. The molecule has 1 aliphatic carbocycles. The predicted molar refractivity (Wildman–Crippen MR) is 98.3 cm³/mol. The van der Waals surface area contributed by atoms with E-state index in [1.807, 2.05) is 31.2 Å². The van der Waals surface area contributed by atoms with E-state index in [1.54, 1.807) is 17.0 Å². The molecule has 2 aromatic carbocycles.